The molecule has 1 aromatic rings. The lowest BCUT2D eigenvalue weighted by Gasteiger charge is -2.33. The van der Waals surface area contributed by atoms with Crippen molar-refractivity contribution in [3.05, 3.63) is 17.3 Å². The molecule has 17 heavy (non-hydrogen) atoms. The monoisotopic (exact) mass is 255 g/mol. The summed E-state index contributed by atoms with van der Waals surface area (Å²) >= 11 is 5.73. The Morgan fingerprint density at radius 1 is 1.47 bits per heavy atom. The molecule has 0 saturated carbocycles. The van der Waals surface area contributed by atoms with Crippen LogP contribution in [0.25, 0.3) is 0 Å². The molecule has 1 aliphatic rings. The van der Waals surface area contributed by atoms with Gasteiger partial charge in [-0.05, 0) is 31.4 Å². The fourth-order valence-corrected chi connectivity index (χ4v) is 2.15. The lowest BCUT2D eigenvalue weighted by Crippen LogP contribution is -2.40. The van der Waals surface area contributed by atoms with E-state index in [1.807, 2.05) is 6.07 Å². The van der Waals surface area contributed by atoms with Crippen molar-refractivity contribution >= 4 is 17.4 Å². The van der Waals surface area contributed by atoms with Crippen LogP contribution >= 0.6 is 11.6 Å². The molecular weight excluding hydrogens is 238 g/mol. The van der Waals surface area contributed by atoms with E-state index in [4.69, 9.17) is 16.3 Å². The summed E-state index contributed by atoms with van der Waals surface area (Å²) < 4.78 is 5.79. The summed E-state index contributed by atoms with van der Waals surface area (Å²) in [6.45, 7) is 4.88. The highest BCUT2D eigenvalue weighted by Crippen LogP contribution is 2.19. The second-order valence-corrected chi connectivity index (χ2v) is 4.68. The van der Waals surface area contributed by atoms with Crippen LogP contribution in [-0.2, 0) is 4.74 Å². The van der Waals surface area contributed by atoms with Gasteiger partial charge < -0.3 is 9.64 Å². The molecule has 1 fully saturated rings. The predicted molar refractivity (Wildman–Crippen MR) is 68.5 cm³/mol. The van der Waals surface area contributed by atoms with Gasteiger partial charge in [-0.1, -0.05) is 18.5 Å². The van der Waals surface area contributed by atoms with E-state index < -0.39 is 0 Å². The highest BCUT2D eigenvalue weighted by molar-refractivity contribution is 6.29. The molecule has 1 atom stereocenters. The molecule has 94 valence electrons. The molecule has 0 aromatic carbocycles. The molecule has 1 saturated heterocycles. The first-order valence-corrected chi connectivity index (χ1v) is 6.53. The topological polar surface area (TPSA) is 38.2 Å². The summed E-state index contributed by atoms with van der Waals surface area (Å²) in [7, 11) is 0. The lowest BCUT2D eigenvalue weighted by atomic mass is 10.1. The number of nitrogens with zero attached hydrogens (tertiary/aromatic N) is 3. The summed E-state index contributed by atoms with van der Waals surface area (Å²) in [6, 6.07) is 3.69. The first-order valence-electron chi connectivity index (χ1n) is 6.15. The summed E-state index contributed by atoms with van der Waals surface area (Å²) in [5.41, 5.74) is 0. The SMILES string of the molecule is CCCOC1CCCN(c2ccc(Cl)nn2)C1. The van der Waals surface area contributed by atoms with E-state index >= 15 is 0 Å². The van der Waals surface area contributed by atoms with Gasteiger partial charge in [-0.2, -0.15) is 0 Å². The minimum atomic E-state index is 0.321. The number of piperidine rings is 1. The van der Waals surface area contributed by atoms with Crippen LogP contribution in [0.4, 0.5) is 5.82 Å². The Morgan fingerprint density at radius 3 is 3.06 bits per heavy atom. The van der Waals surface area contributed by atoms with Gasteiger partial charge in [0.05, 0.1) is 6.10 Å². The number of halogens is 1. The Kier molecular flexibility index (Phi) is 4.57. The average Bonchev–Trinajstić information content (AvgIpc) is 2.37. The van der Waals surface area contributed by atoms with Crippen molar-refractivity contribution in [1.82, 2.24) is 10.2 Å². The Bertz CT molecular complexity index is 344. The normalized spacial score (nSPS) is 20.6. The van der Waals surface area contributed by atoms with Crippen molar-refractivity contribution in [2.24, 2.45) is 0 Å². The number of ether oxygens (including phenoxy) is 1. The van der Waals surface area contributed by atoms with Gasteiger partial charge in [0.1, 0.15) is 0 Å². The Balaban J connectivity index is 1.94. The molecule has 1 aliphatic heterocycles. The molecule has 0 bridgehead atoms. The molecule has 4 nitrogen and oxygen atoms in total. The van der Waals surface area contributed by atoms with Crippen LogP contribution in [0.1, 0.15) is 26.2 Å². The van der Waals surface area contributed by atoms with Crippen molar-refractivity contribution in [1.29, 1.82) is 0 Å². The zero-order chi connectivity index (χ0) is 12.1. The zero-order valence-corrected chi connectivity index (χ0v) is 10.9. The van der Waals surface area contributed by atoms with Gasteiger partial charge >= 0.3 is 0 Å². The second kappa shape index (κ2) is 6.17. The molecule has 0 radical (unpaired) electrons. The van der Waals surface area contributed by atoms with Gasteiger partial charge in [-0.25, -0.2) is 0 Å². The third-order valence-corrected chi connectivity index (χ3v) is 3.08. The highest BCUT2D eigenvalue weighted by Gasteiger charge is 2.21. The van der Waals surface area contributed by atoms with Crippen LogP contribution in [0.5, 0.6) is 0 Å². The number of hydrogen-bond acceptors (Lipinski definition) is 4. The van der Waals surface area contributed by atoms with Crippen molar-refractivity contribution in [2.75, 3.05) is 24.6 Å². The second-order valence-electron chi connectivity index (χ2n) is 4.30. The first-order chi connectivity index (χ1) is 8.29. The van der Waals surface area contributed by atoms with Crippen LogP contribution in [0.2, 0.25) is 5.15 Å². The lowest BCUT2D eigenvalue weighted by molar-refractivity contribution is 0.0439. The Labute approximate surface area is 107 Å². The molecule has 1 aromatic heterocycles. The van der Waals surface area contributed by atoms with Crippen LogP contribution in [-0.4, -0.2) is 36.0 Å². The van der Waals surface area contributed by atoms with Gasteiger partial charge in [-0.3, -0.25) is 0 Å². The summed E-state index contributed by atoms with van der Waals surface area (Å²) in [4.78, 5) is 2.22. The van der Waals surface area contributed by atoms with E-state index in [9.17, 15) is 0 Å². The van der Waals surface area contributed by atoms with Crippen LogP contribution in [0.15, 0.2) is 12.1 Å². The van der Waals surface area contributed by atoms with Gasteiger partial charge in [0.15, 0.2) is 11.0 Å². The number of anilines is 1. The van der Waals surface area contributed by atoms with Gasteiger partial charge in [0, 0.05) is 19.7 Å². The van der Waals surface area contributed by atoms with Gasteiger partial charge in [0.25, 0.3) is 0 Å². The Morgan fingerprint density at radius 2 is 2.35 bits per heavy atom. The standard InChI is InChI=1S/C12H18ClN3O/c1-2-8-17-10-4-3-7-16(9-10)12-6-5-11(13)14-15-12/h5-6,10H,2-4,7-9H2,1H3. The van der Waals surface area contributed by atoms with Crippen molar-refractivity contribution in [3.8, 4) is 0 Å². The fraction of sp³-hybridized carbons (Fsp3) is 0.667. The molecule has 5 heteroatoms. The van der Waals surface area contributed by atoms with E-state index in [0.29, 0.717) is 11.3 Å². The minimum absolute atomic E-state index is 0.321. The average molecular weight is 256 g/mol. The van der Waals surface area contributed by atoms with Crippen molar-refractivity contribution in [3.63, 3.8) is 0 Å². The predicted octanol–water partition coefficient (Wildman–Crippen LogP) is 2.53. The maximum atomic E-state index is 5.79. The third-order valence-electron chi connectivity index (χ3n) is 2.88. The minimum Gasteiger partial charge on any atom is -0.376 e. The molecular formula is C12H18ClN3O. The number of rotatable bonds is 4. The van der Waals surface area contributed by atoms with Crippen LogP contribution < -0.4 is 4.90 Å². The highest BCUT2D eigenvalue weighted by atomic mass is 35.5. The van der Waals surface area contributed by atoms with E-state index in [1.54, 1.807) is 6.07 Å². The largest absolute Gasteiger partial charge is 0.376 e. The Hall–Kier alpha value is -0.870. The van der Waals surface area contributed by atoms with Crippen molar-refractivity contribution < 1.29 is 4.74 Å². The zero-order valence-electron chi connectivity index (χ0n) is 10.1. The van der Waals surface area contributed by atoms with E-state index in [-0.39, 0.29) is 0 Å². The maximum Gasteiger partial charge on any atom is 0.151 e. The maximum absolute atomic E-state index is 5.79. The number of aromatic nitrogens is 2. The van der Waals surface area contributed by atoms with Crippen LogP contribution in [0.3, 0.4) is 0 Å². The molecule has 0 N–H and O–H groups in total. The van der Waals surface area contributed by atoms with E-state index in [1.165, 1.54) is 0 Å². The van der Waals surface area contributed by atoms with Gasteiger partial charge in [0.2, 0.25) is 0 Å². The molecule has 0 aliphatic carbocycles. The smallest absolute Gasteiger partial charge is 0.151 e. The molecule has 0 amide bonds. The molecule has 1 unspecified atom stereocenters. The summed E-state index contributed by atoms with van der Waals surface area (Å²) in [6.07, 6.45) is 3.66. The van der Waals surface area contributed by atoms with E-state index in [0.717, 1.165) is 44.8 Å². The quantitative estimate of drug-likeness (QED) is 0.829. The molecule has 2 rings (SSSR count). The summed E-state index contributed by atoms with van der Waals surface area (Å²) in [5, 5.41) is 8.41. The fourth-order valence-electron chi connectivity index (χ4n) is 2.04. The van der Waals surface area contributed by atoms with Gasteiger partial charge in [-0.15, -0.1) is 10.2 Å². The van der Waals surface area contributed by atoms with Crippen LogP contribution in [0, 0.1) is 0 Å². The van der Waals surface area contributed by atoms with E-state index in [2.05, 4.69) is 22.0 Å². The summed E-state index contributed by atoms with van der Waals surface area (Å²) in [5.74, 6) is 0.888. The van der Waals surface area contributed by atoms with Crippen molar-refractivity contribution in [2.45, 2.75) is 32.3 Å². The molecule has 2 heterocycles. The molecule has 0 spiro atoms. The first kappa shape index (κ1) is 12.6. The third kappa shape index (κ3) is 3.54. The number of hydrogen-bond donors (Lipinski definition) is 0.